The molecule has 1 N–H and O–H groups in total. The van der Waals surface area contributed by atoms with Crippen molar-refractivity contribution in [3.63, 3.8) is 0 Å². The summed E-state index contributed by atoms with van der Waals surface area (Å²) in [6, 6.07) is 7.85. The Morgan fingerprint density at radius 2 is 1.96 bits per heavy atom. The molecule has 0 aliphatic heterocycles. The second-order valence-corrected chi connectivity index (χ2v) is 7.24. The van der Waals surface area contributed by atoms with E-state index < -0.39 is 0 Å². The molecule has 1 aromatic carbocycles. The third-order valence-electron chi connectivity index (χ3n) is 4.77. The molecule has 0 radical (unpaired) electrons. The van der Waals surface area contributed by atoms with Crippen LogP contribution in [0.2, 0.25) is 0 Å². The van der Waals surface area contributed by atoms with Crippen LogP contribution < -0.4 is 5.32 Å². The molecule has 8 nitrogen and oxygen atoms in total. The minimum absolute atomic E-state index is 0.137. The monoisotopic (exact) mass is 395 g/mol. The van der Waals surface area contributed by atoms with Gasteiger partial charge in [0.15, 0.2) is 0 Å². The molecule has 0 unspecified atom stereocenters. The first kappa shape index (κ1) is 18.4. The molecule has 0 aliphatic rings. The predicted octanol–water partition coefficient (Wildman–Crippen LogP) is 3.01. The Balaban J connectivity index is 1.64. The van der Waals surface area contributed by atoms with E-state index in [1.807, 2.05) is 55.9 Å². The third kappa shape index (κ3) is 3.11. The fraction of sp³-hybridized carbons (Fsp3) is 0.316. The van der Waals surface area contributed by atoms with Crippen LogP contribution in [0.5, 0.6) is 0 Å². The number of thioether (sulfide) groups is 1. The Hall–Kier alpha value is -2.94. The zero-order chi connectivity index (χ0) is 19.8. The van der Waals surface area contributed by atoms with Gasteiger partial charge in [0.2, 0.25) is 17.0 Å². The molecule has 4 rings (SSSR count). The molecule has 0 saturated carbocycles. The van der Waals surface area contributed by atoms with Crippen molar-refractivity contribution in [2.45, 2.75) is 38.9 Å². The van der Waals surface area contributed by atoms with Crippen molar-refractivity contribution < 1.29 is 4.79 Å². The van der Waals surface area contributed by atoms with Gasteiger partial charge in [-0.2, -0.15) is 4.98 Å². The van der Waals surface area contributed by atoms with E-state index in [2.05, 4.69) is 25.4 Å². The van der Waals surface area contributed by atoms with Gasteiger partial charge in [-0.25, -0.2) is 14.5 Å². The normalized spacial score (nSPS) is 11.4. The van der Waals surface area contributed by atoms with Gasteiger partial charge in [-0.3, -0.25) is 10.1 Å². The number of aryl methyl sites for hydroxylation is 3. The van der Waals surface area contributed by atoms with Crippen molar-refractivity contribution in [1.29, 1.82) is 0 Å². The molecule has 0 spiro atoms. The van der Waals surface area contributed by atoms with Crippen LogP contribution in [0.3, 0.4) is 0 Å². The highest BCUT2D eigenvalue weighted by atomic mass is 32.2. The van der Waals surface area contributed by atoms with Crippen molar-refractivity contribution in [1.82, 2.24) is 29.1 Å². The van der Waals surface area contributed by atoms with E-state index in [-0.39, 0.29) is 12.3 Å². The van der Waals surface area contributed by atoms with Crippen LogP contribution in [0.15, 0.2) is 29.4 Å². The van der Waals surface area contributed by atoms with E-state index in [9.17, 15) is 4.79 Å². The largest absolute Gasteiger partial charge is 0.310 e. The smallest absolute Gasteiger partial charge is 0.253 e. The highest BCUT2D eigenvalue weighted by Gasteiger charge is 2.18. The lowest BCUT2D eigenvalue weighted by molar-refractivity contribution is -0.115. The van der Waals surface area contributed by atoms with Crippen LogP contribution in [0.4, 0.5) is 5.95 Å². The average molecular weight is 395 g/mol. The van der Waals surface area contributed by atoms with Crippen LogP contribution in [0.1, 0.15) is 23.9 Å². The first-order valence-corrected chi connectivity index (χ1v) is 10.3. The number of nitrogens with one attached hydrogen (secondary N) is 1. The lowest BCUT2D eigenvalue weighted by atomic mass is 10.1. The first-order valence-electron chi connectivity index (χ1n) is 9.03. The number of hydrogen-bond donors (Lipinski definition) is 1. The number of benzene rings is 1. The third-order valence-corrected chi connectivity index (χ3v) is 5.31. The second kappa shape index (κ2) is 7.23. The summed E-state index contributed by atoms with van der Waals surface area (Å²) >= 11 is 1.46. The summed E-state index contributed by atoms with van der Waals surface area (Å²) in [7, 11) is 0. The van der Waals surface area contributed by atoms with Crippen molar-refractivity contribution in [3.8, 4) is 0 Å². The summed E-state index contributed by atoms with van der Waals surface area (Å²) in [6.45, 7) is 6.58. The fourth-order valence-corrected chi connectivity index (χ4v) is 3.69. The van der Waals surface area contributed by atoms with Gasteiger partial charge in [0.05, 0.1) is 17.5 Å². The van der Waals surface area contributed by atoms with Crippen molar-refractivity contribution in [2.75, 3.05) is 11.6 Å². The fourth-order valence-electron chi connectivity index (χ4n) is 3.35. The summed E-state index contributed by atoms with van der Waals surface area (Å²) < 4.78 is 3.69. The van der Waals surface area contributed by atoms with Gasteiger partial charge in [-0.05, 0) is 39.2 Å². The number of fused-ring (bicyclic) bond motifs is 2. The number of hydrogen-bond acceptors (Lipinski definition) is 6. The van der Waals surface area contributed by atoms with Gasteiger partial charge < -0.3 is 4.57 Å². The number of aromatic nitrogens is 6. The van der Waals surface area contributed by atoms with Crippen molar-refractivity contribution in [3.05, 3.63) is 41.2 Å². The maximum absolute atomic E-state index is 12.8. The molecular formula is C19H21N7OS. The Kier molecular flexibility index (Phi) is 4.76. The molecule has 0 saturated heterocycles. The number of imidazole rings is 1. The van der Waals surface area contributed by atoms with E-state index in [0.717, 1.165) is 34.5 Å². The number of carbonyl (C=O) groups excluding carboxylic acids is 1. The molecule has 0 fully saturated rings. The van der Waals surface area contributed by atoms with Gasteiger partial charge in [0.25, 0.3) is 5.78 Å². The SMILES string of the molecule is CCn1c(NC(=O)Cc2c(C)nc3nc(SC)nn3c2C)nc2ccccc21. The number of anilines is 1. The molecule has 0 aliphatic carbocycles. The molecule has 1 amide bonds. The van der Waals surface area contributed by atoms with Gasteiger partial charge >= 0.3 is 0 Å². The number of para-hydroxylation sites is 2. The van der Waals surface area contributed by atoms with E-state index >= 15 is 0 Å². The molecule has 0 bridgehead atoms. The molecule has 144 valence electrons. The quantitative estimate of drug-likeness (QED) is 0.523. The number of nitrogens with zero attached hydrogens (tertiary/aromatic N) is 6. The predicted molar refractivity (Wildman–Crippen MR) is 110 cm³/mol. The Morgan fingerprint density at radius 3 is 2.71 bits per heavy atom. The molecular weight excluding hydrogens is 374 g/mol. The Bertz CT molecular complexity index is 1190. The van der Waals surface area contributed by atoms with Crippen LogP contribution in [-0.2, 0) is 17.8 Å². The zero-order valence-electron chi connectivity index (χ0n) is 16.2. The number of amides is 1. The van der Waals surface area contributed by atoms with Crippen molar-refractivity contribution in [2.24, 2.45) is 0 Å². The topological polar surface area (TPSA) is 90.0 Å². The van der Waals surface area contributed by atoms with E-state index in [1.165, 1.54) is 11.8 Å². The van der Waals surface area contributed by atoms with Crippen LogP contribution in [-0.4, -0.2) is 41.3 Å². The Morgan fingerprint density at radius 1 is 1.18 bits per heavy atom. The summed E-state index contributed by atoms with van der Waals surface area (Å²) in [4.78, 5) is 26.2. The zero-order valence-corrected chi connectivity index (χ0v) is 17.0. The Labute approximate surface area is 166 Å². The standard InChI is InChI=1S/C19H21N7OS/c1-5-25-15-9-7-6-8-14(15)21-17(25)22-16(27)10-13-11(2)20-18-23-19(28-4)24-26(18)12(13)3/h6-9H,5,10H2,1-4H3,(H,21,22,27). The lowest BCUT2D eigenvalue weighted by Gasteiger charge is -2.11. The van der Waals surface area contributed by atoms with Gasteiger partial charge in [0.1, 0.15) is 0 Å². The van der Waals surface area contributed by atoms with Gasteiger partial charge in [-0.1, -0.05) is 23.9 Å². The summed E-state index contributed by atoms with van der Waals surface area (Å²) in [5.41, 5.74) is 4.37. The maximum Gasteiger partial charge on any atom is 0.253 e. The summed E-state index contributed by atoms with van der Waals surface area (Å²) in [5.74, 6) is 0.974. The molecule has 4 aromatic rings. The lowest BCUT2D eigenvalue weighted by Crippen LogP contribution is -2.20. The highest BCUT2D eigenvalue weighted by Crippen LogP contribution is 2.21. The van der Waals surface area contributed by atoms with Crippen molar-refractivity contribution >= 4 is 40.4 Å². The minimum atomic E-state index is -0.137. The van der Waals surface area contributed by atoms with Gasteiger partial charge in [0, 0.05) is 23.5 Å². The average Bonchev–Trinajstić information content (AvgIpc) is 3.25. The number of rotatable bonds is 5. The van der Waals surface area contributed by atoms with E-state index in [0.29, 0.717) is 16.9 Å². The molecule has 3 heterocycles. The molecule has 28 heavy (non-hydrogen) atoms. The molecule has 9 heteroatoms. The highest BCUT2D eigenvalue weighted by molar-refractivity contribution is 7.98. The molecule has 3 aromatic heterocycles. The van der Waals surface area contributed by atoms with Crippen LogP contribution in [0.25, 0.3) is 16.8 Å². The summed E-state index contributed by atoms with van der Waals surface area (Å²) in [5, 5.41) is 8.05. The minimum Gasteiger partial charge on any atom is -0.310 e. The van der Waals surface area contributed by atoms with E-state index in [4.69, 9.17) is 0 Å². The maximum atomic E-state index is 12.8. The van der Waals surface area contributed by atoms with Crippen LogP contribution >= 0.6 is 11.8 Å². The second-order valence-electron chi connectivity index (χ2n) is 6.46. The number of carbonyl (C=O) groups is 1. The van der Waals surface area contributed by atoms with E-state index in [1.54, 1.807) is 4.52 Å². The van der Waals surface area contributed by atoms with Crippen LogP contribution in [0, 0.1) is 13.8 Å². The molecule has 0 atom stereocenters. The van der Waals surface area contributed by atoms with Gasteiger partial charge in [-0.15, -0.1) is 5.10 Å². The summed E-state index contributed by atoms with van der Waals surface area (Å²) in [6.07, 6.45) is 2.12. The first-order chi connectivity index (χ1) is 13.5.